The number of hydrogen-bond donors (Lipinski definition) is 2. The van der Waals surface area contributed by atoms with Gasteiger partial charge in [-0.3, -0.25) is 0 Å². The van der Waals surface area contributed by atoms with Crippen molar-refractivity contribution in [2.45, 2.75) is 18.8 Å². The van der Waals surface area contributed by atoms with E-state index in [2.05, 4.69) is 0 Å². The van der Waals surface area contributed by atoms with E-state index >= 15 is 0 Å². The maximum atomic E-state index is 10.9. The van der Waals surface area contributed by atoms with Crippen molar-refractivity contribution in [2.24, 2.45) is 5.89 Å². The van der Waals surface area contributed by atoms with Gasteiger partial charge in [-0.05, 0) is 37.7 Å². The Balaban J connectivity index is 2.79. The number of methoxy groups -OCH3 is 2. The van der Waals surface area contributed by atoms with Gasteiger partial charge in [0.15, 0.2) is 11.5 Å². The van der Waals surface area contributed by atoms with Gasteiger partial charge in [0, 0.05) is 17.9 Å². The summed E-state index contributed by atoms with van der Waals surface area (Å²) in [6.45, 7) is -6.31. The topological polar surface area (TPSA) is 50.7 Å². The van der Waals surface area contributed by atoms with Crippen molar-refractivity contribution in [2.75, 3.05) is 27.2 Å². The van der Waals surface area contributed by atoms with E-state index in [0.29, 0.717) is 0 Å². The Bertz CT molecular complexity index is 700. The lowest BCUT2D eigenvalue weighted by atomic mass is 9.87. The van der Waals surface area contributed by atoms with Crippen molar-refractivity contribution in [1.29, 1.82) is 0 Å². The van der Waals surface area contributed by atoms with Crippen LogP contribution in [0.1, 0.15) is 36.8 Å². The number of para-hydroxylation sites is 1. The zero-order chi connectivity index (χ0) is 21.1. The van der Waals surface area contributed by atoms with Crippen LogP contribution in [0.2, 0.25) is 0 Å². The molecule has 0 spiro atoms. The first-order valence-corrected chi connectivity index (χ1v) is 5.30. The number of piperidine rings is 1. The van der Waals surface area contributed by atoms with Crippen LogP contribution in [0.25, 0.3) is 0 Å². The fraction of sp³-hybridized carbons (Fsp3) is 0.571. The summed E-state index contributed by atoms with van der Waals surface area (Å²) >= 11 is 0. The highest BCUT2D eigenvalue weighted by molar-refractivity contribution is 5.47. The number of aliphatic hydroxyl groups excluding tert-OH is 1. The highest BCUT2D eigenvalue weighted by Gasteiger charge is 2.26. The van der Waals surface area contributed by atoms with E-state index in [0.717, 1.165) is 0 Å². The molecule has 1 unspecified atom stereocenters. The van der Waals surface area contributed by atoms with Gasteiger partial charge in [0.25, 0.3) is 0 Å². The van der Waals surface area contributed by atoms with Gasteiger partial charge in [0.1, 0.15) is 0 Å². The molecule has 0 amide bonds. The van der Waals surface area contributed by atoms with Crippen molar-refractivity contribution >= 4 is 0 Å². The van der Waals surface area contributed by atoms with Crippen LogP contribution in [-0.4, -0.2) is 32.3 Å². The Hall–Kier alpha value is -1.26. The average Bonchev–Trinajstić information content (AvgIpc) is 2.56. The molecular weight excluding hydrogens is 230 g/mol. The SMILES string of the molecule is [2H]C1([2H])NC([2H])([2H])C([2H])([2H])C([2H])(C(O)c2cccc(OC)c2OC)C1([2H])[2H]. The Morgan fingerprint density at radius 1 is 1.39 bits per heavy atom. The first kappa shape index (κ1) is 5.80. The minimum atomic E-state index is -3.34. The molecule has 4 nitrogen and oxygen atoms in total. The quantitative estimate of drug-likeness (QED) is 0.866. The third kappa shape index (κ3) is 2.60. The van der Waals surface area contributed by atoms with Gasteiger partial charge in [-0.25, -0.2) is 0 Å². The Morgan fingerprint density at radius 2 is 2.11 bits per heavy atom. The number of rotatable bonds is 4. The van der Waals surface area contributed by atoms with Gasteiger partial charge in [-0.1, -0.05) is 12.1 Å². The molecule has 1 saturated heterocycles. The van der Waals surface area contributed by atoms with E-state index in [1.807, 2.05) is 0 Å². The molecule has 1 fully saturated rings. The summed E-state index contributed by atoms with van der Waals surface area (Å²) in [5.41, 5.74) is -0.229. The summed E-state index contributed by atoms with van der Waals surface area (Å²) in [6, 6.07) is 4.12. The maximum Gasteiger partial charge on any atom is 0.166 e. The lowest BCUT2D eigenvalue weighted by Crippen LogP contribution is -2.31. The van der Waals surface area contributed by atoms with Crippen molar-refractivity contribution in [3.63, 3.8) is 0 Å². The largest absolute Gasteiger partial charge is 0.493 e. The van der Waals surface area contributed by atoms with Crippen LogP contribution in [0.15, 0.2) is 18.2 Å². The predicted octanol–water partition coefficient (Wildman–Crippen LogP) is 1.74. The third-order valence-electron chi connectivity index (χ3n) is 2.52. The number of benzene rings is 1. The van der Waals surface area contributed by atoms with Gasteiger partial charge >= 0.3 is 0 Å². The van der Waals surface area contributed by atoms with Crippen LogP contribution < -0.4 is 14.8 Å². The molecule has 1 aromatic rings. The molecule has 0 bridgehead atoms. The molecule has 1 aliphatic heterocycles. The molecule has 1 heterocycles. The summed E-state index contributed by atoms with van der Waals surface area (Å²) in [5, 5.41) is 12.6. The second-order valence-electron chi connectivity index (χ2n) is 3.52. The fourth-order valence-corrected chi connectivity index (χ4v) is 1.68. The maximum absolute atomic E-state index is 10.9. The number of hydrogen-bond acceptors (Lipinski definition) is 4. The number of nitrogens with one attached hydrogen (secondary N) is 1. The van der Waals surface area contributed by atoms with E-state index in [-0.39, 0.29) is 17.1 Å². The molecule has 1 aromatic carbocycles. The van der Waals surface area contributed by atoms with E-state index in [1.165, 1.54) is 32.4 Å². The number of ether oxygens (including phenoxy) is 2. The van der Waals surface area contributed by atoms with Crippen molar-refractivity contribution < 1.29 is 26.9 Å². The summed E-state index contributed by atoms with van der Waals surface area (Å²) in [6.07, 6.45) is -8.98. The zero-order valence-corrected chi connectivity index (χ0v) is 10.1. The Kier molecular flexibility index (Phi) is 1.96. The van der Waals surface area contributed by atoms with Gasteiger partial charge < -0.3 is 19.9 Å². The first-order chi connectivity index (χ1) is 12.1. The van der Waals surface area contributed by atoms with Crippen LogP contribution in [0.4, 0.5) is 0 Å². The van der Waals surface area contributed by atoms with E-state index < -0.39 is 37.7 Å². The van der Waals surface area contributed by atoms with Gasteiger partial charge in [-0.2, -0.15) is 0 Å². The summed E-state index contributed by atoms with van der Waals surface area (Å²) in [4.78, 5) is 0. The van der Waals surface area contributed by atoms with Crippen LogP contribution in [-0.2, 0) is 0 Å². The van der Waals surface area contributed by atoms with Crippen LogP contribution >= 0.6 is 0 Å². The summed E-state index contributed by atoms with van der Waals surface area (Å²) < 4.78 is 82.6. The Labute approximate surface area is 121 Å². The molecule has 1 aliphatic rings. The van der Waals surface area contributed by atoms with Crippen LogP contribution in [0, 0.1) is 5.89 Å². The van der Waals surface area contributed by atoms with Gasteiger partial charge in [-0.15, -0.1) is 0 Å². The molecule has 0 saturated carbocycles. The molecule has 0 aromatic heterocycles. The lowest BCUT2D eigenvalue weighted by molar-refractivity contribution is 0.0860. The molecule has 2 N–H and O–H groups in total. The third-order valence-corrected chi connectivity index (χ3v) is 2.52. The highest BCUT2D eigenvalue weighted by atomic mass is 16.5. The molecule has 2 rings (SSSR count). The summed E-state index contributed by atoms with van der Waals surface area (Å²) in [7, 11) is 2.54. The highest BCUT2D eigenvalue weighted by Crippen LogP contribution is 2.39. The first-order valence-electron chi connectivity index (χ1n) is 9.80. The monoisotopic (exact) mass is 260 g/mol. The minimum Gasteiger partial charge on any atom is -0.493 e. The molecule has 0 radical (unpaired) electrons. The average molecular weight is 260 g/mol. The second-order valence-corrected chi connectivity index (χ2v) is 3.52. The minimum absolute atomic E-state index is 0.0922. The standard InChI is InChI=1S/C14H21NO3/c1-17-12-5-3-4-11(14(12)18-2)13(16)10-6-8-15-9-7-10/h3-5,10,13,15-16H,6-9H2,1-2H3/i6D2,7D2,8D2,9D2,10D. The fourth-order valence-electron chi connectivity index (χ4n) is 1.68. The lowest BCUT2D eigenvalue weighted by Gasteiger charge is -2.28. The summed E-state index contributed by atoms with van der Waals surface area (Å²) in [5.74, 6) is -3.26. The normalized spacial score (nSPS) is 38.7. The molecular formula is C14H21NO3. The van der Waals surface area contributed by atoms with Gasteiger partial charge in [0.2, 0.25) is 0 Å². The van der Waals surface area contributed by atoms with E-state index in [1.54, 1.807) is 5.32 Å². The van der Waals surface area contributed by atoms with Crippen molar-refractivity contribution in [1.82, 2.24) is 5.32 Å². The molecule has 18 heavy (non-hydrogen) atoms. The molecule has 100 valence electrons. The smallest absolute Gasteiger partial charge is 0.166 e. The molecule has 4 heteroatoms. The van der Waals surface area contributed by atoms with E-state index in [9.17, 15) is 5.11 Å². The zero-order valence-electron chi connectivity index (χ0n) is 19.1. The molecule has 1 atom stereocenters. The predicted molar refractivity (Wildman–Crippen MR) is 70.1 cm³/mol. The van der Waals surface area contributed by atoms with Crippen molar-refractivity contribution in [3.05, 3.63) is 23.8 Å². The van der Waals surface area contributed by atoms with Crippen LogP contribution in [0.5, 0.6) is 11.5 Å². The van der Waals surface area contributed by atoms with E-state index in [4.69, 9.17) is 21.8 Å². The molecule has 0 aliphatic carbocycles. The van der Waals surface area contributed by atoms with Crippen LogP contribution in [0.3, 0.4) is 0 Å². The van der Waals surface area contributed by atoms with Gasteiger partial charge in [0.05, 0.1) is 20.3 Å². The Morgan fingerprint density at radius 3 is 2.72 bits per heavy atom. The second kappa shape index (κ2) is 6.07. The van der Waals surface area contributed by atoms with Crippen molar-refractivity contribution in [3.8, 4) is 11.5 Å². The number of aliphatic hydroxyl groups is 1.